The van der Waals surface area contributed by atoms with Crippen molar-refractivity contribution in [3.63, 3.8) is 0 Å². The Morgan fingerprint density at radius 2 is 1.68 bits per heavy atom. The van der Waals surface area contributed by atoms with Gasteiger partial charge in [-0.1, -0.05) is 66.4 Å². The first-order valence-corrected chi connectivity index (χ1v) is 11.5. The Hall–Kier alpha value is -3.98. The first-order valence-electron chi connectivity index (χ1n) is 10.5. The van der Waals surface area contributed by atoms with Crippen LogP contribution in [0.1, 0.15) is 28.9 Å². The summed E-state index contributed by atoms with van der Waals surface area (Å²) in [5.74, 6) is -1.12. The molecule has 4 aromatic rings. The van der Waals surface area contributed by atoms with Gasteiger partial charge in [0, 0.05) is 0 Å². The molecule has 0 radical (unpaired) electrons. The Morgan fingerprint density at radius 1 is 0.971 bits per heavy atom. The second-order valence-corrected chi connectivity index (χ2v) is 8.27. The van der Waals surface area contributed by atoms with E-state index in [9.17, 15) is 14.0 Å². The van der Waals surface area contributed by atoms with E-state index in [-0.39, 0.29) is 40.3 Å². The van der Waals surface area contributed by atoms with Crippen LogP contribution in [-0.2, 0) is 4.79 Å². The number of benzene rings is 3. The molecule has 1 atom stereocenters. The largest absolute Gasteiger partial charge is 0.411 e. The van der Waals surface area contributed by atoms with Gasteiger partial charge in [-0.25, -0.2) is 4.39 Å². The molecule has 0 aliphatic rings. The number of carbonyl (C=O) groups excluding carboxylic acids is 2. The Kier molecular flexibility index (Phi) is 7.34. The molecule has 0 fully saturated rings. The van der Waals surface area contributed by atoms with Gasteiger partial charge >= 0.3 is 0 Å². The predicted octanol–water partition coefficient (Wildman–Crippen LogP) is 5.10. The first kappa shape index (κ1) is 23.2. The SMILES string of the molecule is C[C@H](NC(=O)c1ccccc1NC(=O)CSc1nnc(-c2ccccc2F)o1)c1ccccc1. The monoisotopic (exact) mass is 476 g/mol. The van der Waals surface area contributed by atoms with Crippen LogP contribution in [-0.4, -0.2) is 27.8 Å². The highest BCUT2D eigenvalue weighted by Crippen LogP contribution is 2.25. The van der Waals surface area contributed by atoms with Crippen LogP contribution in [0.25, 0.3) is 11.5 Å². The molecule has 7 nitrogen and oxygen atoms in total. The number of nitrogens with zero attached hydrogens (tertiary/aromatic N) is 2. The molecule has 2 amide bonds. The number of thioether (sulfide) groups is 1. The Balaban J connectivity index is 1.37. The average Bonchev–Trinajstić information content (AvgIpc) is 3.32. The molecule has 4 rings (SSSR count). The molecule has 34 heavy (non-hydrogen) atoms. The molecule has 2 N–H and O–H groups in total. The fraction of sp³-hybridized carbons (Fsp3) is 0.120. The number of hydrogen-bond donors (Lipinski definition) is 2. The molecule has 0 saturated heterocycles. The summed E-state index contributed by atoms with van der Waals surface area (Å²) in [4.78, 5) is 25.4. The van der Waals surface area contributed by atoms with Crippen molar-refractivity contribution < 1.29 is 18.4 Å². The van der Waals surface area contributed by atoms with E-state index >= 15 is 0 Å². The number of hydrogen-bond acceptors (Lipinski definition) is 6. The third-order valence-electron chi connectivity index (χ3n) is 4.93. The van der Waals surface area contributed by atoms with Crippen molar-refractivity contribution in [2.24, 2.45) is 0 Å². The average molecular weight is 477 g/mol. The molecule has 1 heterocycles. The summed E-state index contributed by atoms with van der Waals surface area (Å²) in [5.41, 5.74) is 1.91. The van der Waals surface area contributed by atoms with Gasteiger partial charge in [-0.3, -0.25) is 9.59 Å². The zero-order valence-electron chi connectivity index (χ0n) is 18.2. The van der Waals surface area contributed by atoms with Crippen LogP contribution < -0.4 is 10.6 Å². The lowest BCUT2D eigenvalue weighted by atomic mass is 10.1. The van der Waals surface area contributed by atoms with E-state index in [0.29, 0.717) is 11.3 Å². The van der Waals surface area contributed by atoms with Crippen molar-refractivity contribution in [1.82, 2.24) is 15.5 Å². The van der Waals surface area contributed by atoms with Crippen LogP contribution in [0.4, 0.5) is 10.1 Å². The lowest BCUT2D eigenvalue weighted by molar-refractivity contribution is -0.113. The molecule has 0 unspecified atom stereocenters. The van der Waals surface area contributed by atoms with Gasteiger partial charge in [0.1, 0.15) is 5.82 Å². The van der Waals surface area contributed by atoms with E-state index in [0.717, 1.165) is 17.3 Å². The van der Waals surface area contributed by atoms with Crippen LogP contribution in [0, 0.1) is 5.82 Å². The fourth-order valence-corrected chi connectivity index (χ4v) is 3.78. The predicted molar refractivity (Wildman–Crippen MR) is 128 cm³/mol. The number of para-hydroxylation sites is 1. The van der Waals surface area contributed by atoms with Crippen molar-refractivity contribution in [1.29, 1.82) is 0 Å². The van der Waals surface area contributed by atoms with Gasteiger partial charge in [0.25, 0.3) is 17.0 Å². The van der Waals surface area contributed by atoms with Crippen molar-refractivity contribution >= 4 is 29.3 Å². The minimum atomic E-state index is -0.475. The highest BCUT2D eigenvalue weighted by atomic mass is 32.2. The summed E-state index contributed by atoms with van der Waals surface area (Å²) in [6, 6.07) is 22.2. The summed E-state index contributed by atoms with van der Waals surface area (Å²) < 4.78 is 19.3. The highest BCUT2D eigenvalue weighted by molar-refractivity contribution is 7.99. The number of anilines is 1. The van der Waals surface area contributed by atoms with Crippen molar-refractivity contribution in [2.75, 3.05) is 11.1 Å². The third kappa shape index (κ3) is 5.68. The molecule has 0 saturated carbocycles. The van der Waals surface area contributed by atoms with E-state index in [4.69, 9.17) is 4.42 Å². The second-order valence-electron chi connectivity index (χ2n) is 7.34. The minimum Gasteiger partial charge on any atom is -0.411 e. The number of amides is 2. The normalized spacial score (nSPS) is 11.6. The van der Waals surface area contributed by atoms with E-state index in [1.165, 1.54) is 12.1 Å². The van der Waals surface area contributed by atoms with Gasteiger partial charge in [0.05, 0.1) is 28.6 Å². The number of aromatic nitrogens is 2. The van der Waals surface area contributed by atoms with Crippen LogP contribution in [0.5, 0.6) is 0 Å². The maximum absolute atomic E-state index is 13.9. The molecule has 0 spiro atoms. The fourth-order valence-electron chi connectivity index (χ4n) is 3.21. The lowest BCUT2D eigenvalue weighted by Gasteiger charge is -2.16. The molecule has 0 aliphatic carbocycles. The number of rotatable bonds is 8. The zero-order chi connectivity index (χ0) is 23.9. The molecule has 0 bridgehead atoms. The summed E-state index contributed by atoms with van der Waals surface area (Å²) in [6.45, 7) is 1.89. The van der Waals surface area contributed by atoms with Crippen LogP contribution >= 0.6 is 11.8 Å². The maximum Gasteiger partial charge on any atom is 0.277 e. The van der Waals surface area contributed by atoms with Crippen molar-refractivity contribution in [3.05, 3.63) is 95.8 Å². The van der Waals surface area contributed by atoms with Crippen LogP contribution in [0.2, 0.25) is 0 Å². The molecule has 172 valence electrons. The lowest BCUT2D eigenvalue weighted by Crippen LogP contribution is -2.28. The summed E-state index contributed by atoms with van der Waals surface area (Å²) in [7, 11) is 0. The van der Waals surface area contributed by atoms with Crippen LogP contribution in [0.3, 0.4) is 0 Å². The summed E-state index contributed by atoms with van der Waals surface area (Å²) >= 11 is 1.02. The molecular formula is C25H21FN4O3S. The Morgan fingerprint density at radius 3 is 2.47 bits per heavy atom. The summed E-state index contributed by atoms with van der Waals surface area (Å²) in [6.07, 6.45) is 0. The van der Waals surface area contributed by atoms with Crippen molar-refractivity contribution in [3.8, 4) is 11.5 Å². The topological polar surface area (TPSA) is 97.1 Å². The number of halogens is 1. The quantitative estimate of drug-likeness (QED) is 0.344. The zero-order valence-corrected chi connectivity index (χ0v) is 19.0. The van der Waals surface area contributed by atoms with Crippen molar-refractivity contribution in [2.45, 2.75) is 18.2 Å². The molecule has 0 aliphatic heterocycles. The molecule has 3 aromatic carbocycles. The maximum atomic E-state index is 13.9. The minimum absolute atomic E-state index is 0.0325. The number of nitrogens with one attached hydrogen (secondary N) is 2. The van der Waals surface area contributed by atoms with Gasteiger partial charge in [-0.2, -0.15) is 0 Å². The summed E-state index contributed by atoms with van der Waals surface area (Å²) in [5, 5.41) is 13.5. The van der Waals surface area contributed by atoms with E-state index in [1.807, 2.05) is 37.3 Å². The van der Waals surface area contributed by atoms with Crippen LogP contribution in [0.15, 0.2) is 88.5 Å². The van der Waals surface area contributed by atoms with Gasteiger partial charge in [0.15, 0.2) is 0 Å². The first-order chi connectivity index (χ1) is 16.5. The highest BCUT2D eigenvalue weighted by Gasteiger charge is 2.17. The Labute approximate surface area is 199 Å². The Bertz CT molecular complexity index is 1300. The smallest absolute Gasteiger partial charge is 0.277 e. The van der Waals surface area contributed by atoms with E-state index < -0.39 is 5.82 Å². The van der Waals surface area contributed by atoms with Gasteiger partial charge in [-0.15, -0.1) is 10.2 Å². The van der Waals surface area contributed by atoms with Gasteiger partial charge in [0.2, 0.25) is 5.91 Å². The third-order valence-corrected chi connectivity index (χ3v) is 5.75. The second kappa shape index (κ2) is 10.8. The van der Waals surface area contributed by atoms with Gasteiger partial charge in [-0.05, 0) is 36.8 Å². The molecular weight excluding hydrogens is 455 g/mol. The van der Waals surface area contributed by atoms with Gasteiger partial charge < -0.3 is 15.1 Å². The number of carbonyl (C=O) groups is 2. The standard InChI is InChI=1S/C25H21FN4O3S/c1-16(17-9-3-2-4-10-17)27-23(32)19-12-6-8-14-21(19)28-22(31)15-34-25-30-29-24(33-25)18-11-5-7-13-20(18)26/h2-14,16H,15H2,1H3,(H,27,32)(H,28,31)/t16-/m0/s1. The van der Waals surface area contributed by atoms with E-state index in [1.54, 1.807) is 36.4 Å². The molecule has 1 aromatic heterocycles. The van der Waals surface area contributed by atoms with E-state index in [2.05, 4.69) is 20.8 Å². The molecule has 9 heteroatoms.